The SMILES string of the molecule is CC(C)(C)c1ccc(Nc2ccc(NC3CCCCC3)c3c2C(=O)c2cc([N+](=O)[O-])ccc2C3=O)cc1. The lowest BCUT2D eigenvalue weighted by Crippen LogP contribution is -2.27. The van der Waals surface area contributed by atoms with Crippen LogP contribution in [0.5, 0.6) is 0 Å². The highest BCUT2D eigenvalue weighted by Crippen LogP contribution is 2.39. The highest BCUT2D eigenvalue weighted by molar-refractivity contribution is 6.32. The summed E-state index contributed by atoms with van der Waals surface area (Å²) in [5.74, 6) is -0.695. The first-order chi connectivity index (χ1) is 17.6. The third-order valence-electron chi connectivity index (χ3n) is 7.36. The summed E-state index contributed by atoms with van der Waals surface area (Å²) in [4.78, 5) is 38.4. The number of hydrogen-bond acceptors (Lipinski definition) is 6. The fourth-order valence-corrected chi connectivity index (χ4v) is 5.28. The lowest BCUT2D eigenvalue weighted by Gasteiger charge is -2.28. The molecular formula is C30H31N3O4. The molecule has 37 heavy (non-hydrogen) atoms. The van der Waals surface area contributed by atoms with Crippen LogP contribution in [0.15, 0.2) is 54.6 Å². The Kier molecular flexibility index (Phi) is 6.31. The summed E-state index contributed by atoms with van der Waals surface area (Å²) in [5.41, 5.74) is 3.73. The van der Waals surface area contributed by atoms with Gasteiger partial charge in [0, 0.05) is 40.7 Å². The van der Waals surface area contributed by atoms with Crippen LogP contribution in [0.1, 0.15) is 90.3 Å². The molecule has 7 nitrogen and oxygen atoms in total. The standard InChI is InChI=1S/C30H31N3O4/c1-30(2,3)18-9-11-20(12-10-18)32-25-16-15-24(31-19-7-5-4-6-8-19)26-27(25)29(35)23-17-21(33(36)37)13-14-22(23)28(26)34/h9-17,19,31-32H,4-8H2,1-3H3. The van der Waals surface area contributed by atoms with Crippen LogP contribution >= 0.6 is 0 Å². The molecule has 0 radical (unpaired) electrons. The Labute approximate surface area is 216 Å². The van der Waals surface area contributed by atoms with Crippen molar-refractivity contribution in [3.8, 4) is 0 Å². The average molecular weight is 498 g/mol. The molecule has 0 aliphatic heterocycles. The van der Waals surface area contributed by atoms with E-state index in [0.29, 0.717) is 16.9 Å². The average Bonchev–Trinajstić information content (AvgIpc) is 2.88. The molecule has 190 valence electrons. The zero-order valence-electron chi connectivity index (χ0n) is 21.4. The van der Waals surface area contributed by atoms with Crippen molar-refractivity contribution in [3.05, 3.63) is 92.5 Å². The number of nitrogens with one attached hydrogen (secondary N) is 2. The van der Waals surface area contributed by atoms with E-state index in [1.165, 1.54) is 30.2 Å². The monoisotopic (exact) mass is 497 g/mol. The Morgan fingerprint density at radius 3 is 2.08 bits per heavy atom. The van der Waals surface area contributed by atoms with Crippen molar-refractivity contribution in [1.82, 2.24) is 0 Å². The Morgan fingerprint density at radius 2 is 1.43 bits per heavy atom. The summed E-state index contributed by atoms with van der Waals surface area (Å²) in [5, 5.41) is 18.2. The van der Waals surface area contributed by atoms with Gasteiger partial charge in [0.2, 0.25) is 0 Å². The van der Waals surface area contributed by atoms with Gasteiger partial charge in [-0.05, 0) is 54.2 Å². The molecule has 0 amide bonds. The Morgan fingerprint density at radius 1 is 0.811 bits per heavy atom. The number of fused-ring (bicyclic) bond motifs is 2. The predicted octanol–water partition coefficient (Wildman–Crippen LogP) is 7.16. The maximum atomic E-state index is 13.8. The number of nitro benzene ring substituents is 1. The van der Waals surface area contributed by atoms with Gasteiger partial charge in [-0.25, -0.2) is 0 Å². The van der Waals surface area contributed by atoms with Crippen LogP contribution in [0.3, 0.4) is 0 Å². The van der Waals surface area contributed by atoms with Crippen molar-refractivity contribution in [2.45, 2.75) is 64.3 Å². The van der Waals surface area contributed by atoms with E-state index in [1.54, 1.807) is 0 Å². The number of carbonyl (C=O) groups excluding carboxylic acids is 2. The third kappa shape index (κ3) is 4.73. The normalized spacial score (nSPS) is 15.6. The first-order valence-electron chi connectivity index (χ1n) is 12.8. The van der Waals surface area contributed by atoms with Gasteiger partial charge in [-0.2, -0.15) is 0 Å². The second-order valence-corrected chi connectivity index (χ2v) is 11.0. The highest BCUT2D eigenvalue weighted by atomic mass is 16.6. The molecule has 0 aromatic heterocycles. The summed E-state index contributed by atoms with van der Waals surface area (Å²) in [7, 11) is 0. The van der Waals surface area contributed by atoms with Crippen molar-refractivity contribution in [1.29, 1.82) is 0 Å². The van der Waals surface area contributed by atoms with Crippen molar-refractivity contribution in [3.63, 3.8) is 0 Å². The summed E-state index contributed by atoms with van der Waals surface area (Å²) < 4.78 is 0. The number of hydrogen-bond donors (Lipinski definition) is 2. The van der Waals surface area contributed by atoms with Gasteiger partial charge < -0.3 is 10.6 Å². The van der Waals surface area contributed by atoms with Crippen LogP contribution < -0.4 is 10.6 Å². The predicted molar refractivity (Wildman–Crippen MR) is 145 cm³/mol. The molecule has 2 N–H and O–H groups in total. The summed E-state index contributed by atoms with van der Waals surface area (Å²) >= 11 is 0. The zero-order chi connectivity index (χ0) is 26.3. The number of non-ortho nitro benzene ring substituents is 1. The van der Waals surface area contributed by atoms with E-state index in [0.717, 1.165) is 31.4 Å². The quantitative estimate of drug-likeness (QED) is 0.224. The number of ketones is 2. The van der Waals surface area contributed by atoms with Gasteiger partial charge in [-0.3, -0.25) is 19.7 Å². The fraction of sp³-hybridized carbons (Fsp3) is 0.333. The largest absolute Gasteiger partial charge is 0.382 e. The number of nitro groups is 1. The van der Waals surface area contributed by atoms with Crippen LogP contribution in [0.25, 0.3) is 0 Å². The molecule has 1 fully saturated rings. The topological polar surface area (TPSA) is 101 Å². The summed E-state index contributed by atoms with van der Waals surface area (Å²) in [6, 6.07) is 15.8. The minimum Gasteiger partial charge on any atom is -0.382 e. The second-order valence-electron chi connectivity index (χ2n) is 11.0. The molecule has 3 aromatic carbocycles. The first-order valence-corrected chi connectivity index (χ1v) is 12.8. The summed E-state index contributed by atoms with van der Waals surface area (Å²) in [6.45, 7) is 6.43. The van der Waals surface area contributed by atoms with E-state index in [9.17, 15) is 19.7 Å². The van der Waals surface area contributed by atoms with Gasteiger partial charge in [-0.15, -0.1) is 0 Å². The van der Waals surface area contributed by atoms with Crippen LogP contribution in [0, 0.1) is 10.1 Å². The molecule has 1 saturated carbocycles. The molecule has 5 rings (SSSR count). The number of rotatable bonds is 5. The number of nitrogens with zero attached hydrogens (tertiary/aromatic N) is 1. The molecule has 0 heterocycles. The summed E-state index contributed by atoms with van der Waals surface area (Å²) in [6.07, 6.45) is 5.49. The number of benzene rings is 3. The molecule has 2 aliphatic rings. The van der Waals surface area contributed by atoms with E-state index in [-0.39, 0.29) is 39.6 Å². The Balaban J connectivity index is 1.60. The molecule has 0 unspecified atom stereocenters. The van der Waals surface area contributed by atoms with Crippen LogP contribution in [-0.2, 0) is 5.41 Å². The Bertz CT molecular complexity index is 1400. The van der Waals surface area contributed by atoms with E-state index in [1.807, 2.05) is 36.4 Å². The van der Waals surface area contributed by atoms with Gasteiger partial charge in [0.1, 0.15) is 0 Å². The van der Waals surface area contributed by atoms with Crippen LogP contribution in [0.2, 0.25) is 0 Å². The molecule has 0 saturated heterocycles. The van der Waals surface area contributed by atoms with Gasteiger partial charge in [0.15, 0.2) is 11.6 Å². The smallest absolute Gasteiger partial charge is 0.270 e. The van der Waals surface area contributed by atoms with E-state index < -0.39 is 10.7 Å². The van der Waals surface area contributed by atoms with E-state index in [4.69, 9.17) is 0 Å². The maximum absolute atomic E-state index is 13.8. The van der Waals surface area contributed by atoms with Gasteiger partial charge in [0.05, 0.1) is 21.7 Å². The van der Waals surface area contributed by atoms with Crippen LogP contribution in [-0.4, -0.2) is 22.5 Å². The molecule has 7 heteroatoms. The Hall–Kier alpha value is -4.00. The minimum atomic E-state index is -0.551. The molecule has 2 aliphatic carbocycles. The zero-order valence-corrected chi connectivity index (χ0v) is 21.4. The maximum Gasteiger partial charge on any atom is 0.270 e. The first kappa shape index (κ1) is 24.7. The van der Waals surface area contributed by atoms with Crippen molar-refractivity contribution in [2.75, 3.05) is 10.6 Å². The van der Waals surface area contributed by atoms with Gasteiger partial charge >= 0.3 is 0 Å². The van der Waals surface area contributed by atoms with Crippen molar-refractivity contribution in [2.24, 2.45) is 0 Å². The minimum absolute atomic E-state index is 0.00490. The molecule has 0 spiro atoms. The lowest BCUT2D eigenvalue weighted by molar-refractivity contribution is -0.384. The second kappa shape index (κ2) is 9.47. The van der Waals surface area contributed by atoms with Crippen molar-refractivity contribution >= 4 is 34.3 Å². The van der Waals surface area contributed by atoms with E-state index >= 15 is 0 Å². The fourth-order valence-electron chi connectivity index (χ4n) is 5.28. The number of carbonyl (C=O) groups is 2. The molecule has 0 atom stereocenters. The lowest BCUT2D eigenvalue weighted by atomic mass is 9.81. The molecule has 0 bridgehead atoms. The molecule has 3 aromatic rings. The van der Waals surface area contributed by atoms with Crippen molar-refractivity contribution < 1.29 is 14.5 Å². The van der Waals surface area contributed by atoms with E-state index in [2.05, 4.69) is 31.4 Å². The van der Waals surface area contributed by atoms with Gasteiger partial charge in [-0.1, -0.05) is 52.2 Å². The molecular weight excluding hydrogens is 466 g/mol. The number of anilines is 3. The van der Waals surface area contributed by atoms with Gasteiger partial charge in [0.25, 0.3) is 5.69 Å². The highest BCUT2D eigenvalue weighted by Gasteiger charge is 2.35. The third-order valence-corrected chi connectivity index (χ3v) is 7.36. The van der Waals surface area contributed by atoms with Crippen LogP contribution in [0.4, 0.5) is 22.7 Å².